The van der Waals surface area contributed by atoms with E-state index in [-0.39, 0.29) is 31.6 Å². The number of ether oxygens (including phenoxy) is 3. The minimum absolute atomic E-state index is 0.115. The average molecular weight is 835 g/mol. The lowest BCUT2D eigenvalue weighted by Crippen LogP contribution is -2.30. The van der Waals surface area contributed by atoms with Crippen LogP contribution in [0.1, 0.15) is 220 Å². The van der Waals surface area contributed by atoms with E-state index in [1.165, 1.54) is 64.2 Å². The molecule has 6 heteroatoms. The van der Waals surface area contributed by atoms with E-state index in [2.05, 4.69) is 93.7 Å². The van der Waals surface area contributed by atoms with Crippen molar-refractivity contribution in [3.05, 3.63) is 85.1 Å². The van der Waals surface area contributed by atoms with Gasteiger partial charge in [0.1, 0.15) is 13.2 Å². The first-order valence-electron chi connectivity index (χ1n) is 24.6. The fourth-order valence-electron chi connectivity index (χ4n) is 6.43. The Balaban J connectivity index is 4.49. The molecule has 60 heavy (non-hydrogen) atoms. The summed E-state index contributed by atoms with van der Waals surface area (Å²) < 4.78 is 16.7. The Morgan fingerprint density at radius 1 is 0.350 bits per heavy atom. The van der Waals surface area contributed by atoms with Crippen LogP contribution in [0.2, 0.25) is 0 Å². The van der Waals surface area contributed by atoms with Gasteiger partial charge in [-0.15, -0.1) is 0 Å². The normalized spacial score (nSPS) is 12.8. The molecule has 1 atom stereocenters. The van der Waals surface area contributed by atoms with Crippen molar-refractivity contribution in [1.82, 2.24) is 0 Å². The zero-order valence-corrected chi connectivity index (χ0v) is 38.9. The van der Waals surface area contributed by atoms with Gasteiger partial charge < -0.3 is 14.2 Å². The maximum atomic E-state index is 12.7. The zero-order chi connectivity index (χ0) is 43.7. The van der Waals surface area contributed by atoms with Gasteiger partial charge in [-0.05, 0) is 96.3 Å². The van der Waals surface area contributed by atoms with Crippen molar-refractivity contribution < 1.29 is 28.6 Å². The molecule has 1 unspecified atom stereocenters. The Bertz CT molecular complexity index is 1190. The molecule has 0 fully saturated rings. The van der Waals surface area contributed by atoms with Crippen molar-refractivity contribution >= 4 is 17.9 Å². The fourth-order valence-corrected chi connectivity index (χ4v) is 6.43. The number of unbranched alkanes of at least 4 members (excludes halogenated alkanes) is 18. The minimum Gasteiger partial charge on any atom is -0.462 e. The van der Waals surface area contributed by atoms with Gasteiger partial charge in [-0.2, -0.15) is 0 Å². The van der Waals surface area contributed by atoms with Crippen molar-refractivity contribution in [1.29, 1.82) is 0 Å². The van der Waals surface area contributed by atoms with Gasteiger partial charge in [0.05, 0.1) is 0 Å². The smallest absolute Gasteiger partial charge is 0.306 e. The molecular formula is C54H90O6. The summed E-state index contributed by atoms with van der Waals surface area (Å²) in [6, 6.07) is 0. The number of carbonyl (C=O) groups is 3. The number of rotatable bonds is 43. The highest BCUT2D eigenvalue weighted by Gasteiger charge is 2.19. The third kappa shape index (κ3) is 45.7. The first-order valence-corrected chi connectivity index (χ1v) is 24.6. The summed E-state index contributed by atoms with van der Waals surface area (Å²) in [5, 5.41) is 0. The molecule has 0 rings (SSSR count). The molecule has 0 spiro atoms. The van der Waals surface area contributed by atoms with E-state index in [0.717, 1.165) is 109 Å². The Hall–Kier alpha value is -3.41. The van der Waals surface area contributed by atoms with Crippen molar-refractivity contribution in [2.24, 2.45) is 0 Å². The van der Waals surface area contributed by atoms with E-state index in [9.17, 15) is 14.4 Å². The van der Waals surface area contributed by atoms with Crippen molar-refractivity contribution in [2.45, 2.75) is 226 Å². The number of hydrogen-bond acceptors (Lipinski definition) is 6. The van der Waals surface area contributed by atoms with E-state index >= 15 is 0 Å². The average Bonchev–Trinajstić information content (AvgIpc) is 3.24. The van der Waals surface area contributed by atoms with Gasteiger partial charge in [0.2, 0.25) is 0 Å². The Kier molecular flexibility index (Phi) is 45.5. The molecule has 0 amide bonds. The first-order chi connectivity index (χ1) is 29.5. The van der Waals surface area contributed by atoms with E-state index in [0.29, 0.717) is 19.3 Å². The summed E-state index contributed by atoms with van der Waals surface area (Å²) in [5.41, 5.74) is 0. The largest absolute Gasteiger partial charge is 0.462 e. The van der Waals surface area contributed by atoms with Crippen LogP contribution in [0.25, 0.3) is 0 Å². The van der Waals surface area contributed by atoms with Crippen LogP contribution in [0.15, 0.2) is 85.1 Å². The molecule has 0 radical (unpaired) electrons. The second-order valence-electron chi connectivity index (χ2n) is 16.0. The highest BCUT2D eigenvalue weighted by atomic mass is 16.6. The van der Waals surface area contributed by atoms with E-state index in [4.69, 9.17) is 14.2 Å². The molecule has 0 aromatic rings. The molecule has 0 aromatic heterocycles. The van der Waals surface area contributed by atoms with Gasteiger partial charge in [-0.3, -0.25) is 14.4 Å². The Labute approximate surface area is 369 Å². The predicted molar refractivity (Wildman–Crippen MR) is 256 cm³/mol. The Morgan fingerprint density at radius 3 is 1.17 bits per heavy atom. The molecular weight excluding hydrogens is 745 g/mol. The van der Waals surface area contributed by atoms with Gasteiger partial charge in [-0.1, -0.05) is 189 Å². The second kappa shape index (κ2) is 48.3. The third-order valence-corrected chi connectivity index (χ3v) is 10.1. The minimum atomic E-state index is -0.822. The number of hydrogen-bond donors (Lipinski definition) is 0. The van der Waals surface area contributed by atoms with Crippen LogP contribution in [-0.2, 0) is 28.6 Å². The predicted octanol–water partition coefficient (Wildman–Crippen LogP) is 16.0. The molecule has 0 bridgehead atoms. The van der Waals surface area contributed by atoms with Crippen molar-refractivity contribution in [2.75, 3.05) is 13.2 Å². The standard InChI is InChI=1S/C54H90O6/c1-4-7-10-13-16-19-22-25-26-27-30-32-35-38-41-44-47-53(56)59-50-51(60-54(57)48-45-42-39-36-33-29-24-21-18-15-12-9-6-3)49-58-52(55)46-43-40-37-34-31-28-23-20-17-14-11-8-5-2/h9,11-12,14,18,20-21,23,26-27,29,33,39,42,51H,4-8,10,13,15-17,19,22,24-25,28,30-32,34-38,40-41,43-50H2,1-3H3/b12-9-,14-11-,21-18-,23-20-,27-26-,33-29-,42-39-. The number of allylic oxidation sites excluding steroid dienone is 14. The molecule has 342 valence electrons. The van der Waals surface area contributed by atoms with Gasteiger partial charge in [0.15, 0.2) is 6.10 Å². The van der Waals surface area contributed by atoms with Crippen LogP contribution in [0.3, 0.4) is 0 Å². The highest BCUT2D eigenvalue weighted by Crippen LogP contribution is 2.13. The monoisotopic (exact) mass is 835 g/mol. The van der Waals surface area contributed by atoms with Crippen LogP contribution in [0, 0.1) is 0 Å². The van der Waals surface area contributed by atoms with E-state index in [1.807, 2.05) is 12.2 Å². The summed E-state index contributed by atoms with van der Waals surface area (Å²) in [7, 11) is 0. The summed E-state index contributed by atoms with van der Waals surface area (Å²) in [6.07, 6.45) is 61.5. The second-order valence-corrected chi connectivity index (χ2v) is 16.0. The Morgan fingerprint density at radius 2 is 0.717 bits per heavy atom. The molecule has 0 saturated carbocycles. The molecule has 0 aliphatic rings. The van der Waals surface area contributed by atoms with Crippen LogP contribution in [0.4, 0.5) is 0 Å². The molecule has 0 N–H and O–H groups in total. The molecule has 0 saturated heterocycles. The van der Waals surface area contributed by atoms with Crippen LogP contribution in [-0.4, -0.2) is 37.2 Å². The van der Waals surface area contributed by atoms with Crippen molar-refractivity contribution in [3.63, 3.8) is 0 Å². The van der Waals surface area contributed by atoms with Crippen LogP contribution >= 0.6 is 0 Å². The van der Waals surface area contributed by atoms with Crippen LogP contribution < -0.4 is 0 Å². The van der Waals surface area contributed by atoms with Gasteiger partial charge in [0, 0.05) is 19.3 Å². The lowest BCUT2D eigenvalue weighted by Gasteiger charge is -2.18. The molecule has 0 aliphatic heterocycles. The molecule has 0 aliphatic carbocycles. The first kappa shape index (κ1) is 56.6. The van der Waals surface area contributed by atoms with Crippen LogP contribution in [0.5, 0.6) is 0 Å². The highest BCUT2D eigenvalue weighted by molar-refractivity contribution is 5.71. The maximum Gasteiger partial charge on any atom is 0.306 e. The number of carbonyl (C=O) groups excluding carboxylic acids is 3. The molecule has 6 nitrogen and oxygen atoms in total. The van der Waals surface area contributed by atoms with Gasteiger partial charge in [0.25, 0.3) is 0 Å². The lowest BCUT2D eigenvalue weighted by molar-refractivity contribution is -0.166. The van der Waals surface area contributed by atoms with E-state index < -0.39 is 12.1 Å². The third-order valence-electron chi connectivity index (χ3n) is 10.1. The molecule has 0 heterocycles. The molecule has 0 aromatic carbocycles. The quantitative estimate of drug-likeness (QED) is 0.0263. The van der Waals surface area contributed by atoms with Gasteiger partial charge >= 0.3 is 17.9 Å². The maximum absolute atomic E-state index is 12.7. The summed E-state index contributed by atoms with van der Waals surface area (Å²) in [6.45, 7) is 6.36. The zero-order valence-electron chi connectivity index (χ0n) is 38.9. The van der Waals surface area contributed by atoms with Crippen molar-refractivity contribution in [3.8, 4) is 0 Å². The summed E-state index contributed by atoms with van der Waals surface area (Å²) >= 11 is 0. The fraction of sp³-hybridized carbons (Fsp3) is 0.685. The SMILES string of the molecule is CC/C=C\C/C=C\C/C=C\C/C=C\CCC(=O)OC(COC(=O)CCCCCCC/C=C\C/C=C\CCC)COC(=O)CCCCCCC/C=C\CCCCCCCCC. The summed E-state index contributed by atoms with van der Waals surface area (Å²) in [4.78, 5) is 37.8. The topological polar surface area (TPSA) is 78.9 Å². The van der Waals surface area contributed by atoms with E-state index in [1.54, 1.807) is 0 Å². The lowest BCUT2D eigenvalue weighted by atomic mass is 10.1. The number of esters is 3. The summed E-state index contributed by atoms with van der Waals surface area (Å²) in [5.74, 6) is -1.02. The van der Waals surface area contributed by atoms with Gasteiger partial charge in [-0.25, -0.2) is 0 Å².